The molecule has 0 aromatic heterocycles. The van der Waals surface area contributed by atoms with Crippen LogP contribution in [-0.4, -0.2) is 23.7 Å². The number of allylic oxidation sites excluding steroid dienone is 9. The smallest absolute Gasteiger partial charge is 0.333 e. The van der Waals surface area contributed by atoms with Crippen molar-refractivity contribution in [2.75, 3.05) is 6.79 Å². The maximum atomic E-state index is 11.9. The topological polar surface area (TPSA) is 95.7 Å². The lowest BCUT2D eigenvalue weighted by Crippen LogP contribution is -2.19. The van der Waals surface area contributed by atoms with E-state index in [2.05, 4.69) is 32.9 Å². The molecule has 1 aromatic carbocycles. The van der Waals surface area contributed by atoms with Crippen LogP contribution < -0.4 is 0 Å². The molecule has 192 valence electrons. The van der Waals surface area contributed by atoms with Crippen LogP contribution >= 0.6 is 0 Å². The highest BCUT2D eigenvalue weighted by molar-refractivity contribution is 5.83. The second-order valence-electron chi connectivity index (χ2n) is 9.62. The van der Waals surface area contributed by atoms with Gasteiger partial charge in [-0.3, -0.25) is 14.9 Å². The lowest BCUT2D eigenvalue weighted by Gasteiger charge is -2.32. The Morgan fingerprint density at radius 2 is 1.78 bits per heavy atom. The van der Waals surface area contributed by atoms with Gasteiger partial charge in [-0.2, -0.15) is 0 Å². The summed E-state index contributed by atoms with van der Waals surface area (Å²) < 4.78 is 9.82. The van der Waals surface area contributed by atoms with Crippen LogP contribution in [0.2, 0.25) is 0 Å². The fourth-order valence-electron chi connectivity index (χ4n) is 4.01. The molecule has 0 spiro atoms. The summed E-state index contributed by atoms with van der Waals surface area (Å²) in [5.41, 5.74) is 5.37. The molecule has 0 saturated heterocycles. The van der Waals surface area contributed by atoms with Crippen LogP contribution in [0.15, 0.2) is 83.0 Å². The molecule has 0 fully saturated rings. The Morgan fingerprint density at radius 3 is 2.42 bits per heavy atom. The van der Waals surface area contributed by atoms with Gasteiger partial charge in [-0.25, -0.2) is 4.79 Å². The standard InChI is InChI=1S/C29H35NO6/c1-21(11-16-26-23(3)10-7-17-29(26,4)5)8-6-9-22(2)18-27(31)35-20-36-28(32)19-24-12-14-25(15-13-24)30(33)34/h6,8-9,11-16,18H,7,10,17,19-20H2,1-5H3/b9-6+,16-11+,21-8+,22-18+. The van der Waals surface area contributed by atoms with Crippen molar-refractivity contribution in [1.29, 1.82) is 0 Å². The second kappa shape index (κ2) is 13.4. The molecule has 0 aliphatic heterocycles. The Bertz CT molecular complexity index is 1120. The summed E-state index contributed by atoms with van der Waals surface area (Å²) in [5, 5.41) is 10.7. The van der Waals surface area contributed by atoms with Gasteiger partial charge in [0, 0.05) is 18.2 Å². The zero-order valence-corrected chi connectivity index (χ0v) is 21.7. The average Bonchev–Trinajstić information content (AvgIpc) is 2.78. The van der Waals surface area contributed by atoms with Crippen LogP contribution in [0.1, 0.15) is 59.4 Å². The van der Waals surface area contributed by atoms with Gasteiger partial charge in [-0.15, -0.1) is 0 Å². The van der Waals surface area contributed by atoms with E-state index in [1.165, 1.54) is 54.3 Å². The minimum atomic E-state index is -0.622. The highest BCUT2D eigenvalue weighted by Gasteiger charge is 2.26. The SMILES string of the molecule is CC1=C(/C=C/C(C)=C/C=C/C(C)=C/C(=O)OCOC(=O)Cc2ccc([N+](=O)[O-])cc2)C(C)(C)CCC1. The van der Waals surface area contributed by atoms with Crippen LogP contribution in [0, 0.1) is 15.5 Å². The lowest BCUT2D eigenvalue weighted by atomic mass is 9.72. The summed E-state index contributed by atoms with van der Waals surface area (Å²) in [6, 6.07) is 5.58. The first kappa shape index (κ1) is 28.5. The van der Waals surface area contributed by atoms with Crippen molar-refractivity contribution < 1.29 is 24.0 Å². The Morgan fingerprint density at radius 1 is 1.08 bits per heavy atom. The van der Waals surface area contributed by atoms with Gasteiger partial charge in [0.25, 0.3) is 5.69 Å². The number of hydrogen-bond acceptors (Lipinski definition) is 6. The van der Waals surface area contributed by atoms with E-state index in [1.807, 2.05) is 19.1 Å². The number of nitro benzene ring substituents is 1. The molecule has 0 N–H and O–H groups in total. The van der Waals surface area contributed by atoms with Crippen LogP contribution in [0.25, 0.3) is 0 Å². The van der Waals surface area contributed by atoms with Gasteiger partial charge < -0.3 is 9.47 Å². The third-order valence-corrected chi connectivity index (χ3v) is 6.04. The quantitative estimate of drug-likeness (QED) is 0.0897. The van der Waals surface area contributed by atoms with Crippen LogP contribution in [0.4, 0.5) is 5.69 Å². The molecule has 1 aromatic rings. The molecule has 0 bridgehead atoms. The van der Waals surface area contributed by atoms with Crippen molar-refractivity contribution in [2.24, 2.45) is 5.41 Å². The molecule has 0 unspecified atom stereocenters. The molecule has 0 amide bonds. The maximum absolute atomic E-state index is 11.9. The third-order valence-electron chi connectivity index (χ3n) is 6.04. The third kappa shape index (κ3) is 9.49. The first-order valence-corrected chi connectivity index (χ1v) is 12.0. The zero-order chi connectivity index (χ0) is 26.7. The number of nitro groups is 1. The fourth-order valence-corrected chi connectivity index (χ4v) is 4.01. The molecule has 1 aliphatic carbocycles. The molecule has 7 nitrogen and oxygen atoms in total. The zero-order valence-electron chi connectivity index (χ0n) is 21.7. The van der Waals surface area contributed by atoms with Gasteiger partial charge in [0.2, 0.25) is 6.79 Å². The number of carbonyl (C=O) groups excluding carboxylic acids is 2. The monoisotopic (exact) mass is 493 g/mol. The number of benzene rings is 1. The number of rotatable bonds is 10. The lowest BCUT2D eigenvalue weighted by molar-refractivity contribution is -0.384. The van der Waals surface area contributed by atoms with E-state index in [9.17, 15) is 19.7 Å². The van der Waals surface area contributed by atoms with Crippen LogP contribution in [0.5, 0.6) is 0 Å². The molecule has 0 saturated carbocycles. The van der Waals surface area contributed by atoms with Crippen molar-refractivity contribution in [3.8, 4) is 0 Å². The molecular weight excluding hydrogens is 458 g/mol. The normalized spacial score (nSPS) is 16.5. The van der Waals surface area contributed by atoms with E-state index < -0.39 is 23.7 Å². The predicted molar refractivity (Wildman–Crippen MR) is 140 cm³/mol. The number of esters is 2. The van der Waals surface area contributed by atoms with E-state index in [-0.39, 0.29) is 17.5 Å². The Hall–Kier alpha value is -3.74. The summed E-state index contributed by atoms with van der Waals surface area (Å²) >= 11 is 0. The molecule has 1 aliphatic rings. The number of non-ortho nitro benzene ring substituents is 1. The van der Waals surface area contributed by atoms with Crippen molar-refractivity contribution in [3.05, 3.63) is 98.7 Å². The first-order valence-electron chi connectivity index (χ1n) is 12.0. The number of ether oxygens (including phenoxy) is 2. The second-order valence-corrected chi connectivity index (χ2v) is 9.62. The fraction of sp³-hybridized carbons (Fsp3) is 0.379. The minimum Gasteiger partial charge on any atom is -0.428 e. The van der Waals surface area contributed by atoms with Crippen LogP contribution in [0.3, 0.4) is 0 Å². The Kier molecular flexibility index (Phi) is 10.6. The summed E-state index contributed by atoms with van der Waals surface area (Å²) in [7, 11) is 0. The van der Waals surface area contributed by atoms with E-state index in [1.54, 1.807) is 13.0 Å². The van der Waals surface area contributed by atoms with Crippen molar-refractivity contribution in [3.63, 3.8) is 0 Å². The molecule has 0 heterocycles. The van der Waals surface area contributed by atoms with Gasteiger partial charge in [-0.05, 0) is 62.2 Å². The average molecular weight is 494 g/mol. The summed E-state index contributed by atoms with van der Waals surface area (Å²) in [5.74, 6) is -1.23. The number of nitrogens with zero attached hydrogens (tertiary/aromatic N) is 1. The highest BCUT2D eigenvalue weighted by atomic mass is 16.7. The molecule has 2 rings (SSSR count). The van der Waals surface area contributed by atoms with Gasteiger partial charge in [0.1, 0.15) is 0 Å². The van der Waals surface area contributed by atoms with Gasteiger partial charge in [0.05, 0.1) is 11.3 Å². The minimum absolute atomic E-state index is 0.0596. The summed E-state index contributed by atoms with van der Waals surface area (Å²) in [6.07, 6.45) is 14.8. The largest absolute Gasteiger partial charge is 0.428 e. The number of carbonyl (C=O) groups is 2. The van der Waals surface area contributed by atoms with E-state index >= 15 is 0 Å². The maximum Gasteiger partial charge on any atom is 0.333 e. The Labute approximate surface area is 213 Å². The highest BCUT2D eigenvalue weighted by Crippen LogP contribution is 2.40. The van der Waals surface area contributed by atoms with Gasteiger partial charge in [0.15, 0.2) is 0 Å². The first-order chi connectivity index (χ1) is 17.0. The van der Waals surface area contributed by atoms with E-state index in [0.29, 0.717) is 11.1 Å². The van der Waals surface area contributed by atoms with Crippen molar-refractivity contribution in [2.45, 2.75) is 60.3 Å². The van der Waals surface area contributed by atoms with Gasteiger partial charge in [-0.1, -0.05) is 67.5 Å². The summed E-state index contributed by atoms with van der Waals surface area (Å²) in [6.45, 7) is 10.1. The van der Waals surface area contributed by atoms with Crippen LogP contribution in [-0.2, 0) is 25.5 Å². The molecule has 7 heteroatoms. The van der Waals surface area contributed by atoms with E-state index in [0.717, 1.165) is 12.0 Å². The molecular formula is C29H35NO6. The number of hydrogen-bond donors (Lipinski definition) is 0. The molecule has 36 heavy (non-hydrogen) atoms. The molecule has 0 radical (unpaired) electrons. The predicted octanol–water partition coefficient (Wildman–Crippen LogP) is 6.71. The summed E-state index contributed by atoms with van der Waals surface area (Å²) in [4.78, 5) is 33.9. The van der Waals surface area contributed by atoms with Crippen molar-refractivity contribution >= 4 is 17.6 Å². The Balaban J connectivity index is 1.78. The van der Waals surface area contributed by atoms with E-state index in [4.69, 9.17) is 9.47 Å². The molecule has 0 atom stereocenters. The van der Waals surface area contributed by atoms with Crippen molar-refractivity contribution in [1.82, 2.24) is 0 Å². The van der Waals surface area contributed by atoms with Gasteiger partial charge >= 0.3 is 11.9 Å².